The van der Waals surface area contributed by atoms with Gasteiger partial charge in [0.25, 0.3) is 0 Å². The van der Waals surface area contributed by atoms with E-state index < -0.39 is 5.82 Å². The van der Waals surface area contributed by atoms with Crippen LogP contribution in [-0.2, 0) is 6.61 Å². The number of aliphatic hydroxyl groups excluding tert-OH is 1. The number of nitrogens with one attached hydrogen (secondary N) is 1. The van der Waals surface area contributed by atoms with Crippen molar-refractivity contribution in [2.24, 2.45) is 0 Å². The van der Waals surface area contributed by atoms with Gasteiger partial charge in [-0.25, -0.2) is 18.9 Å². The molecule has 0 atom stereocenters. The van der Waals surface area contributed by atoms with E-state index in [1.807, 2.05) is 31.3 Å². The summed E-state index contributed by atoms with van der Waals surface area (Å²) in [6.07, 6.45) is 3.27. The molecule has 7 nitrogen and oxygen atoms in total. The van der Waals surface area contributed by atoms with Crippen LogP contribution in [0.5, 0.6) is 0 Å². The molecule has 29 heavy (non-hydrogen) atoms. The van der Waals surface area contributed by atoms with Crippen LogP contribution in [0.3, 0.4) is 0 Å². The average molecular weight is 406 g/mol. The Morgan fingerprint density at radius 3 is 2.86 bits per heavy atom. The summed E-state index contributed by atoms with van der Waals surface area (Å²) in [7, 11) is 0. The van der Waals surface area contributed by atoms with Gasteiger partial charge < -0.3 is 5.11 Å². The van der Waals surface area contributed by atoms with Crippen molar-refractivity contribution in [3.8, 4) is 32.5 Å². The number of halogens is 1. The highest BCUT2D eigenvalue weighted by Gasteiger charge is 2.24. The maximum absolute atomic E-state index is 14.8. The molecule has 0 spiro atoms. The fourth-order valence-electron chi connectivity index (χ4n) is 3.42. The molecule has 0 aliphatic rings. The van der Waals surface area contributed by atoms with E-state index in [0.717, 1.165) is 16.8 Å². The van der Waals surface area contributed by atoms with Crippen molar-refractivity contribution in [2.45, 2.75) is 13.5 Å². The maximum Gasteiger partial charge on any atom is 0.167 e. The average Bonchev–Trinajstić information content (AvgIpc) is 3.45. The molecule has 1 aromatic carbocycles. The summed E-state index contributed by atoms with van der Waals surface area (Å²) < 4.78 is 16.6. The second-order valence-electron chi connectivity index (χ2n) is 6.45. The summed E-state index contributed by atoms with van der Waals surface area (Å²) in [5.41, 5.74) is 3.74. The molecule has 0 bridgehead atoms. The molecule has 9 heteroatoms. The normalized spacial score (nSPS) is 11.4. The maximum atomic E-state index is 14.8. The van der Waals surface area contributed by atoms with Crippen molar-refractivity contribution in [3.05, 3.63) is 66.0 Å². The van der Waals surface area contributed by atoms with Gasteiger partial charge in [-0.15, -0.1) is 11.3 Å². The Morgan fingerprint density at radius 2 is 2.07 bits per heavy atom. The smallest absolute Gasteiger partial charge is 0.167 e. The van der Waals surface area contributed by atoms with Crippen molar-refractivity contribution in [1.29, 1.82) is 0 Å². The number of nitrogens with zero attached hydrogens (tertiary/aromatic N) is 5. The Labute approximate surface area is 168 Å². The molecule has 0 aliphatic heterocycles. The van der Waals surface area contributed by atoms with Gasteiger partial charge in [-0.1, -0.05) is 18.2 Å². The highest BCUT2D eigenvalue weighted by molar-refractivity contribution is 7.19. The van der Waals surface area contributed by atoms with Gasteiger partial charge in [0.05, 0.1) is 34.0 Å². The second kappa shape index (κ2) is 6.87. The molecule has 0 unspecified atom stereocenters. The number of thiazole rings is 1. The summed E-state index contributed by atoms with van der Waals surface area (Å²) in [6, 6.07) is 10.4. The molecule has 144 valence electrons. The Hall–Kier alpha value is -3.43. The zero-order valence-corrected chi connectivity index (χ0v) is 16.1. The number of aromatic nitrogens is 6. The van der Waals surface area contributed by atoms with Gasteiger partial charge in [-0.3, -0.25) is 5.10 Å². The molecule has 0 radical (unpaired) electrons. The first-order chi connectivity index (χ1) is 14.2. The molecule has 5 aromatic rings. The first-order valence-electron chi connectivity index (χ1n) is 8.87. The van der Waals surface area contributed by atoms with Gasteiger partial charge in [0.2, 0.25) is 0 Å². The van der Waals surface area contributed by atoms with E-state index in [0.29, 0.717) is 27.0 Å². The predicted octanol–water partition coefficient (Wildman–Crippen LogP) is 3.85. The lowest BCUT2D eigenvalue weighted by atomic mass is 10.0. The molecule has 4 heterocycles. The van der Waals surface area contributed by atoms with Crippen molar-refractivity contribution in [3.63, 3.8) is 0 Å². The number of aryl methyl sites for hydroxylation is 1. The number of pyridine rings is 1. The summed E-state index contributed by atoms with van der Waals surface area (Å²) >= 11 is 1.38. The van der Waals surface area contributed by atoms with Gasteiger partial charge in [-0.05, 0) is 30.7 Å². The van der Waals surface area contributed by atoms with E-state index in [9.17, 15) is 9.50 Å². The van der Waals surface area contributed by atoms with Crippen LogP contribution in [0, 0.1) is 12.7 Å². The molecule has 0 fully saturated rings. The van der Waals surface area contributed by atoms with Crippen LogP contribution in [0.15, 0.2) is 48.9 Å². The molecule has 4 aromatic heterocycles. The Balaban J connectivity index is 1.81. The largest absolute Gasteiger partial charge is 0.392 e. The van der Waals surface area contributed by atoms with Gasteiger partial charge in [-0.2, -0.15) is 10.2 Å². The van der Waals surface area contributed by atoms with E-state index in [4.69, 9.17) is 4.98 Å². The first-order valence-corrected chi connectivity index (χ1v) is 9.68. The van der Waals surface area contributed by atoms with Crippen LogP contribution in [-0.4, -0.2) is 34.9 Å². The molecule has 0 amide bonds. The third-order valence-corrected chi connectivity index (χ3v) is 5.77. The molecule has 0 saturated carbocycles. The van der Waals surface area contributed by atoms with Gasteiger partial charge >= 0.3 is 0 Å². The van der Waals surface area contributed by atoms with Crippen LogP contribution in [0.2, 0.25) is 0 Å². The minimum Gasteiger partial charge on any atom is -0.392 e. The highest BCUT2D eigenvalue weighted by atomic mass is 32.1. The number of hydrogen-bond acceptors (Lipinski definition) is 6. The quantitative estimate of drug-likeness (QED) is 0.473. The van der Waals surface area contributed by atoms with Crippen molar-refractivity contribution >= 4 is 16.9 Å². The highest BCUT2D eigenvalue weighted by Crippen LogP contribution is 2.42. The monoisotopic (exact) mass is 406 g/mol. The number of benzene rings is 1. The van der Waals surface area contributed by atoms with Crippen molar-refractivity contribution in [2.75, 3.05) is 0 Å². The summed E-state index contributed by atoms with van der Waals surface area (Å²) in [5.74, 6) is 0.0378. The topological polar surface area (TPSA) is 92.0 Å². The van der Waals surface area contributed by atoms with E-state index in [1.54, 1.807) is 16.6 Å². The minimum atomic E-state index is -0.453. The third kappa shape index (κ3) is 2.82. The number of aliphatic hydroxyl groups is 1. The molecule has 0 aliphatic carbocycles. The zero-order chi connectivity index (χ0) is 20.0. The van der Waals surface area contributed by atoms with Gasteiger partial charge in [0.1, 0.15) is 17.2 Å². The third-order valence-electron chi connectivity index (χ3n) is 4.69. The van der Waals surface area contributed by atoms with E-state index in [1.165, 1.54) is 23.7 Å². The van der Waals surface area contributed by atoms with Crippen LogP contribution in [0.1, 0.15) is 11.3 Å². The SMILES string of the molecule is Cc1nn2ccccc2c1-c1nc(-c2c(F)cccc2CO)c(-c2ncn[nH]2)s1. The Bertz CT molecular complexity index is 1320. The number of hydrogen-bond donors (Lipinski definition) is 2. The van der Waals surface area contributed by atoms with Crippen LogP contribution >= 0.6 is 11.3 Å². The summed E-state index contributed by atoms with van der Waals surface area (Å²) in [4.78, 5) is 9.67. The standard InChI is InChI=1S/C20H15FN6OS/c1-11-15(14-7-2-3-8-27(14)26-11)20-24-17(18(29-20)19-22-10-23-25-19)16-12(9-28)5-4-6-13(16)21/h2-8,10,28H,9H2,1H3,(H,22,23,25). The van der Waals surface area contributed by atoms with Gasteiger partial charge in [0.15, 0.2) is 5.82 Å². The Kier molecular flexibility index (Phi) is 4.18. The number of aromatic amines is 1. The van der Waals surface area contributed by atoms with Crippen LogP contribution in [0.25, 0.3) is 38.0 Å². The van der Waals surface area contributed by atoms with E-state index in [2.05, 4.69) is 20.3 Å². The fourth-order valence-corrected chi connectivity index (χ4v) is 4.54. The van der Waals surface area contributed by atoms with Crippen LogP contribution in [0.4, 0.5) is 4.39 Å². The first kappa shape index (κ1) is 17.7. The van der Waals surface area contributed by atoms with Crippen molar-refractivity contribution < 1.29 is 9.50 Å². The lowest BCUT2D eigenvalue weighted by Gasteiger charge is -2.07. The molecular formula is C20H15FN6OS. The second-order valence-corrected chi connectivity index (χ2v) is 7.45. The zero-order valence-electron chi connectivity index (χ0n) is 15.3. The molecular weight excluding hydrogens is 391 g/mol. The number of H-pyrrole nitrogens is 1. The fraction of sp³-hybridized carbons (Fsp3) is 0.100. The minimum absolute atomic E-state index is 0.262. The van der Waals surface area contributed by atoms with Crippen LogP contribution < -0.4 is 0 Å². The predicted molar refractivity (Wildman–Crippen MR) is 108 cm³/mol. The Morgan fingerprint density at radius 1 is 1.17 bits per heavy atom. The number of fused-ring (bicyclic) bond motifs is 1. The molecule has 0 saturated heterocycles. The van der Waals surface area contributed by atoms with E-state index in [-0.39, 0.29) is 12.2 Å². The van der Waals surface area contributed by atoms with E-state index >= 15 is 0 Å². The molecule has 5 rings (SSSR count). The molecule has 2 N–H and O–H groups in total. The van der Waals surface area contributed by atoms with Crippen molar-refractivity contribution in [1.82, 2.24) is 29.8 Å². The summed E-state index contributed by atoms with van der Waals surface area (Å²) in [5, 5.41) is 21.8. The number of rotatable bonds is 4. The lowest BCUT2D eigenvalue weighted by molar-refractivity contribution is 0.282. The summed E-state index contributed by atoms with van der Waals surface area (Å²) in [6.45, 7) is 1.62. The van der Waals surface area contributed by atoms with Gasteiger partial charge in [0, 0.05) is 11.8 Å². The lowest BCUT2D eigenvalue weighted by Crippen LogP contribution is -1.95.